The Hall–Kier alpha value is -5.71. The van der Waals surface area contributed by atoms with E-state index in [9.17, 15) is 0 Å². The van der Waals surface area contributed by atoms with Crippen LogP contribution in [-0.2, 0) is 0 Å². The van der Waals surface area contributed by atoms with Crippen molar-refractivity contribution < 1.29 is 0 Å². The first-order valence-corrected chi connectivity index (χ1v) is 19.1. The Balaban J connectivity index is 1.22. The third-order valence-corrected chi connectivity index (χ3v) is 13.2. The molecule has 0 fully saturated rings. The number of benzene rings is 7. The van der Waals surface area contributed by atoms with Crippen molar-refractivity contribution in [2.45, 2.75) is 13.1 Å². The highest BCUT2D eigenvalue weighted by atomic mass is 28.3. The second-order valence-corrected chi connectivity index (χ2v) is 17.1. The van der Waals surface area contributed by atoms with Gasteiger partial charge in [0.1, 0.15) is 8.07 Å². The Labute approximate surface area is 275 Å². The highest BCUT2D eigenvalue weighted by molar-refractivity contribution is 7.05. The molecule has 9 rings (SSSR count). The number of rotatable bonds is 4. The molecule has 0 saturated carbocycles. The SMILES string of the molecule is C[Si]1(C)c2c(-c3nc(-c4ccccc4)nc(-c4ccc5cc(-c6ccccc6)ccc5c4)n3)cccc2-c2ccc3ccccc3c21. The lowest BCUT2D eigenvalue weighted by molar-refractivity contribution is 1.08. The number of nitrogens with zero attached hydrogens (tertiary/aromatic N) is 3. The van der Waals surface area contributed by atoms with Crippen molar-refractivity contribution in [2.24, 2.45) is 0 Å². The van der Waals surface area contributed by atoms with Crippen LogP contribution in [0.5, 0.6) is 0 Å². The van der Waals surface area contributed by atoms with Gasteiger partial charge in [-0.25, -0.2) is 15.0 Å². The van der Waals surface area contributed by atoms with Gasteiger partial charge in [0, 0.05) is 16.7 Å². The summed E-state index contributed by atoms with van der Waals surface area (Å²) in [7, 11) is -2.14. The van der Waals surface area contributed by atoms with Crippen molar-refractivity contribution >= 4 is 40.0 Å². The molecule has 0 spiro atoms. The van der Waals surface area contributed by atoms with Crippen LogP contribution in [0.15, 0.2) is 152 Å². The molecule has 0 aliphatic carbocycles. The van der Waals surface area contributed by atoms with Gasteiger partial charge in [-0.2, -0.15) is 0 Å². The quantitative estimate of drug-likeness (QED) is 0.185. The van der Waals surface area contributed by atoms with E-state index in [-0.39, 0.29) is 0 Å². The maximum atomic E-state index is 5.24. The molecule has 222 valence electrons. The third kappa shape index (κ3) is 4.52. The molecule has 3 nitrogen and oxygen atoms in total. The van der Waals surface area contributed by atoms with Crippen LogP contribution in [-0.4, -0.2) is 23.0 Å². The van der Waals surface area contributed by atoms with Gasteiger partial charge in [0.05, 0.1) is 0 Å². The zero-order valence-corrected chi connectivity index (χ0v) is 27.3. The second kappa shape index (κ2) is 10.7. The monoisotopic (exact) mass is 617 g/mol. The Morgan fingerprint density at radius 3 is 1.68 bits per heavy atom. The molecular formula is C43H31N3Si. The highest BCUT2D eigenvalue weighted by Crippen LogP contribution is 2.36. The van der Waals surface area contributed by atoms with Gasteiger partial charge in [0.2, 0.25) is 0 Å². The number of aromatic nitrogens is 3. The van der Waals surface area contributed by atoms with Crippen molar-refractivity contribution in [1.29, 1.82) is 0 Å². The van der Waals surface area contributed by atoms with E-state index in [1.54, 1.807) is 0 Å². The smallest absolute Gasteiger partial charge is 0.164 e. The summed E-state index contributed by atoms with van der Waals surface area (Å²) < 4.78 is 0. The Bertz CT molecular complexity index is 2490. The minimum absolute atomic E-state index is 0.681. The van der Waals surface area contributed by atoms with Gasteiger partial charge in [-0.1, -0.05) is 153 Å². The van der Waals surface area contributed by atoms with Crippen LogP contribution in [0.1, 0.15) is 0 Å². The molecule has 0 bridgehead atoms. The lowest BCUT2D eigenvalue weighted by atomic mass is 9.99. The molecule has 0 unspecified atom stereocenters. The molecule has 1 aliphatic rings. The standard InChI is InChI=1S/C43H31N3Si/c1-47(2)39-35-17-10-9-14-29(35)24-25-37(39)36-18-11-19-38(40(36)47)43-45-41(30-15-7-4-8-16-30)44-42(46-43)34-23-22-32-26-31(20-21-33(32)27-34)28-12-5-3-6-13-28/h3-27H,1-2H3. The van der Waals surface area contributed by atoms with Crippen LogP contribution in [0.2, 0.25) is 13.1 Å². The summed E-state index contributed by atoms with van der Waals surface area (Å²) in [5, 5.41) is 7.89. The van der Waals surface area contributed by atoms with E-state index in [4.69, 9.17) is 15.0 Å². The zero-order valence-electron chi connectivity index (χ0n) is 26.3. The summed E-state index contributed by atoms with van der Waals surface area (Å²) >= 11 is 0. The van der Waals surface area contributed by atoms with Crippen molar-refractivity contribution in [1.82, 2.24) is 15.0 Å². The van der Waals surface area contributed by atoms with Crippen molar-refractivity contribution in [3.8, 4) is 56.4 Å². The predicted octanol–water partition coefficient (Wildman–Crippen LogP) is 9.65. The summed E-state index contributed by atoms with van der Waals surface area (Å²) in [4.78, 5) is 15.5. The van der Waals surface area contributed by atoms with Gasteiger partial charge < -0.3 is 0 Å². The Kier molecular flexibility index (Phi) is 6.27. The fraction of sp³-hybridized carbons (Fsp3) is 0.0465. The lowest BCUT2D eigenvalue weighted by Crippen LogP contribution is -2.50. The first kappa shape index (κ1) is 27.6. The molecule has 8 aromatic rings. The third-order valence-electron chi connectivity index (χ3n) is 9.65. The summed E-state index contributed by atoms with van der Waals surface area (Å²) in [5.74, 6) is 2.09. The summed E-state index contributed by atoms with van der Waals surface area (Å²) in [6.07, 6.45) is 0. The van der Waals surface area contributed by atoms with Crippen molar-refractivity contribution in [3.63, 3.8) is 0 Å². The molecule has 47 heavy (non-hydrogen) atoms. The van der Waals surface area contributed by atoms with Crippen LogP contribution in [0.3, 0.4) is 0 Å². The second-order valence-electron chi connectivity index (χ2n) is 12.9. The predicted molar refractivity (Wildman–Crippen MR) is 199 cm³/mol. The first-order valence-electron chi connectivity index (χ1n) is 16.1. The number of hydrogen-bond acceptors (Lipinski definition) is 3. The van der Waals surface area contributed by atoms with E-state index >= 15 is 0 Å². The van der Waals surface area contributed by atoms with Gasteiger partial charge in [0.15, 0.2) is 17.5 Å². The number of fused-ring (bicyclic) bond motifs is 6. The molecular weight excluding hydrogens is 587 g/mol. The maximum absolute atomic E-state index is 5.24. The fourth-order valence-corrected chi connectivity index (χ4v) is 11.3. The van der Waals surface area contributed by atoms with Gasteiger partial charge >= 0.3 is 0 Å². The van der Waals surface area contributed by atoms with Crippen LogP contribution < -0.4 is 10.4 Å². The molecule has 0 amide bonds. The van der Waals surface area contributed by atoms with E-state index in [0.717, 1.165) is 27.9 Å². The topological polar surface area (TPSA) is 38.7 Å². The van der Waals surface area contributed by atoms with Crippen molar-refractivity contribution in [3.05, 3.63) is 152 Å². The maximum Gasteiger partial charge on any atom is 0.164 e. The zero-order chi connectivity index (χ0) is 31.5. The summed E-state index contributed by atoms with van der Waals surface area (Å²) in [6, 6.07) is 54.0. The largest absolute Gasteiger partial charge is 0.208 e. The van der Waals surface area contributed by atoms with Gasteiger partial charge in [-0.3, -0.25) is 0 Å². The average molecular weight is 618 g/mol. The molecule has 1 aliphatic heterocycles. The van der Waals surface area contributed by atoms with Crippen LogP contribution in [0.25, 0.3) is 78.0 Å². The van der Waals surface area contributed by atoms with Gasteiger partial charge in [-0.05, 0) is 66.3 Å². The van der Waals surface area contributed by atoms with E-state index in [1.807, 2.05) is 18.2 Å². The van der Waals surface area contributed by atoms with E-state index in [2.05, 4.69) is 147 Å². The normalized spacial score (nSPS) is 13.1. The summed E-state index contributed by atoms with van der Waals surface area (Å²) in [6.45, 7) is 4.95. The van der Waals surface area contributed by atoms with Crippen LogP contribution in [0, 0.1) is 0 Å². The van der Waals surface area contributed by atoms with Gasteiger partial charge in [-0.15, -0.1) is 0 Å². The molecule has 4 heteroatoms. The van der Waals surface area contributed by atoms with E-state index < -0.39 is 8.07 Å². The Morgan fingerprint density at radius 1 is 0.362 bits per heavy atom. The number of hydrogen-bond donors (Lipinski definition) is 0. The van der Waals surface area contributed by atoms with Crippen molar-refractivity contribution in [2.75, 3.05) is 0 Å². The molecule has 0 radical (unpaired) electrons. The molecule has 2 heterocycles. The molecule has 0 atom stereocenters. The molecule has 1 aromatic heterocycles. The van der Waals surface area contributed by atoms with Crippen LogP contribution >= 0.6 is 0 Å². The average Bonchev–Trinajstić information content (AvgIpc) is 3.38. The highest BCUT2D eigenvalue weighted by Gasteiger charge is 2.41. The van der Waals surface area contributed by atoms with E-state index in [0.29, 0.717) is 11.6 Å². The lowest BCUT2D eigenvalue weighted by Gasteiger charge is -2.23. The van der Waals surface area contributed by atoms with E-state index in [1.165, 1.54) is 48.8 Å². The van der Waals surface area contributed by atoms with Gasteiger partial charge in [0.25, 0.3) is 0 Å². The fourth-order valence-electron chi connectivity index (χ4n) is 7.47. The first-order chi connectivity index (χ1) is 23.0. The Morgan fingerprint density at radius 2 is 0.915 bits per heavy atom. The minimum atomic E-state index is -2.14. The van der Waals surface area contributed by atoms with Crippen LogP contribution in [0.4, 0.5) is 0 Å². The molecule has 7 aromatic carbocycles. The summed E-state index contributed by atoms with van der Waals surface area (Å²) in [5.41, 5.74) is 8.13. The molecule has 0 saturated heterocycles. The molecule has 0 N–H and O–H groups in total. The minimum Gasteiger partial charge on any atom is -0.208 e.